The lowest BCUT2D eigenvalue weighted by atomic mass is 9.92. The summed E-state index contributed by atoms with van der Waals surface area (Å²) in [6.45, 7) is 5.90. The van der Waals surface area contributed by atoms with Crippen molar-refractivity contribution < 1.29 is 9.90 Å². The number of ketones is 1. The molecule has 1 N–H and O–H groups in total. The summed E-state index contributed by atoms with van der Waals surface area (Å²) in [4.78, 5) is 11.4. The molecule has 1 atom stereocenters. The Morgan fingerprint density at radius 2 is 1.86 bits per heavy atom. The zero-order valence-corrected chi connectivity index (χ0v) is 9.81. The van der Waals surface area contributed by atoms with Gasteiger partial charge < -0.3 is 5.11 Å². The molecule has 0 radical (unpaired) electrons. The van der Waals surface area contributed by atoms with Crippen LogP contribution >= 0.6 is 0 Å². The van der Waals surface area contributed by atoms with Gasteiger partial charge in [0.05, 0.1) is 5.60 Å². The molecule has 14 heavy (non-hydrogen) atoms. The topological polar surface area (TPSA) is 37.3 Å². The zero-order chi connectivity index (χ0) is 11.0. The van der Waals surface area contributed by atoms with Gasteiger partial charge in [0, 0.05) is 12.8 Å². The third kappa shape index (κ3) is 7.07. The summed E-state index contributed by atoms with van der Waals surface area (Å²) in [6.07, 6.45) is 5.82. The maximum absolute atomic E-state index is 11.4. The van der Waals surface area contributed by atoms with Gasteiger partial charge in [-0.05, 0) is 19.8 Å². The van der Waals surface area contributed by atoms with E-state index in [9.17, 15) is 9.90 Å². The summed E-state index contributed by atoms with van der Waals surface area (Å²) in [5, 5.41) is 9.82. The van der Waals surface area contributed by atoms with Gasteiger partial charge in [0.25, 0.3) is 0 Å². The maximum atomic E-state index is 11.4. The average Bonchev–Trinajstić information content (AvgIpc) is 2.03. The highest BCUT2D eigenvalue weighted by molar-refractivity contribution is 5.79. The summed E-state index contributed by atoms with van der Waals surface area (Å²) in [5.74, 6) is 0.205. The number of hydrogen-bond acceptors (Lipinski definition) is 2. The number of carbonyl (C=O) groups is 1. The smallest absolute Gasteiger partial charge is 0.135 e. The van der Waals surface area contributed by atoms with Crippen LogP contribution in [-0.2, 0) is 4.79 Å². The van der Waals surface area contributed by atoms with Crippen molar-refractivity contribution in [2.24, 2.45) is 0 Å². The van der Waals surface area contributed by atoms with E-state index >= 15 is 0 Å². The van der Waals surface area contributed by atoms with Crippen LogP contribution in [0.2, 0.25) is 0 Å². The maximum Gasteiger partial charge on any atom is 0.135 e. The third-order valence-electron chi connectivity index (χ3n) is 2.43. The van der Waals surface area contributed by atoms with Gasteiger partial charge in [-0.25, -0.2) is 0 Å². The van der Waals surface area contributed by atoms with Gasteiger partial charge in [-0.1, -0.05) is 33.1 Å². The predicted molar refractivity (Wildman–Crippen MR) is 59.3 cm³/mol. The molecule has 0 spiro atoms. The van der Waals surface area contributed by atoms with Gasteiger partial charge in [-0.3, -0.25) is 4.79 Å². The normalized spacial score (nSPS) is 15.1. The minimum Gasteiger partial charge on any atom is -0.390 e. The van der Waals surface area contributed by atoms with E-state index in [1.807, 2.05) is 6.92 Å². The first-order valence-electron chi connectivity index (χ1n) is 5.76. The SMILES string of the molecule is CCCCCC(=O)CC(C)(O)CCC. The predicted octanol–water partition coefficient (Wildman–Crippen LogP) is 3.08. The number of carbonyl (C=O) groups excluding carboxylic acids is 1. The highest BCUT2D eigenvalue weighted by atomic mass is 16.3. The van der Waals surface area contributed by atoms with Crippen molar-refractivity contribution in [2.45, 2.75) is 71.3 Å². The number of unbranched alkanes of at least 4 members (excludes halogenated alkanes) is 2. The van der Waals surface area contributed by atoms with E-state index in [2.05, 4.69) is 6.92 Å². The first-order valence-corrected chi connectivity index (χ1v) is 5.76. The molecule has 0 heterocycles. The molecular formula is C12H24O2. The van der Waals surface area contributed by atoms with E-state index < -0.39 is 5.60 Å². The average molecular weight is 200 g/mol. The fourth-order valence-corrected chi connectivity index (χ4v) is 1.71. The summed E-state index contributed by atoms with van der Waals surface area (Å²) < 4.78 is 0. The quantitative estimate of drug-likeness (QED) is 0.611. The van der Waals surface area contributed by atoms with Crippen molar-refractivity contribution in [3.63, 3.8) is 0 Å². The Morgan fingerprint density at radius 3 is 2.36 bits per heavy atom. The van der Waals surface area contributed by atoms with Gasteiger partial charge in [0.2, 0.25) is 0 Å². The van der Waals surface area contributed by atoms with Crippen molar-refractivity contribution in [3.05, 3.63) is 0 Å². The first-order chi connectivity index (χ1) is 6.52. The second-order valence-corrected chi connectivity index (χ2v) is 4.42. The molecule has 0 fully saturated rings. The van der Waals surface area contributed by atoms with Gasteiger partial charge in [-0.2, -0.15) is 0 Å². The lowest BCUT2D eigenvalue weighted by Gasteiger charge is -2.21. The fourth-order valence-electron chi connectivity index (χ4n) is 1.71. The van der Waals surface area contributed by atoms with E-state index in [4.69, 9.17) is 0 Å². The summed E-state index contributed by atoms with van der Waals surface area (Å²) in [5.41, 5.74) is -0.780. The van der Waals surface area contributed by atoms with Crippen LogP contribution in [0.4, 0.5) is 0 Å². The van der Waals surface area contributed by atoms with Crippen LogP contribution in [0.3, 0.4) is 0 Å². The lowest BCUT2D eigenvalue weighted by Crippen LogP contribution is -2.27. The molecule has 0 aromatic carbocycles. The highest BCUT2D eigenvalue weighted by Gasteiger charge is 2.22. The Balaban J connectivity index is 3.69. The van der Waals surface area contributed by atoms with E-state index in [0.29, 0.717) is 19.3 Å². The molecule has 0 aromatic heterocycles. The summed E-state index contributed by atoms with van der Waals surface area (Å²) >= 11 is 0. The first kappa shape index (κ1) is 13.6. The van der Waals surface area contributed by atoms with E-state index in [0.717, 1.165) is 25.7 Å². The molecule has 0 bridgehead atoms. The molecule has 2 nitrogen and oxygen atoms in total. The van der Waals surface area contributed by atoms with E-state index in [-0.39, 0.29) is 5.78 Å². The lowest BCUT2D eigenvalue weighted by molar-refractivity contribution is -0.123. The molecule has 0 amide bonds. The van der Waals surface area contributed by atoms with Gasteiger partial charge in [-0.15, -0.1) is 0 Å². The minimum atomic E-state index is -0.780. The van der Waals surface area contributed by atoms with Crippen molar-refractivity contribution in [3.8, 4) is 0 Å². The van der Waals surface area contributed by atoms with Crippen LogP contribution in [0, 0.1) is 0 Å². The van der Waals surface area contributed by atoms with E-state index in [1.54, 1.807) is 6.92 Å². The Hall–Kier alpha value is -0.370. The number of rotatable bonds is 8. The Labute approximate surface area is 87.7 Å². The fraction of sp³-hybridized carbons (Fsp3) is 0.917. The molecule has 1 unspecified atom stereocenters. The van der Waals surface area contributed by atoms with Crippen LogP contribution in [-0.4, -0.2) is 16.5 Å². The molecule has 0 saturated carbocycles. The van der Waals surface area contributed by atoms with E-state index in [1.165, 1.54) is 0 Å². The zero-order valence-electron chi connectivity index (χ0n) is 9.81. The Morgan fingerprint density at radius 1 is 1.21 bits per heavy atom. The molecule has 0 aromatic rings. The molecule has 0 aliphatic carbocycles. The monoisotopic (exact) mass is 200 g/mol. The van der Waals surface area contributed by atoms with Crippen LogP contribution in [0.25, 0.3) is 0 Å². The van der Waals surface area contributed by atoms with Crippen molar-refractivity contribution >= 4 is 5.78 Å². The van der Waals surface area contributed by atoms with Crippen molar-refractivity contribution in [2.75, 3.05) is 0 Å². The van der Waals surface area contributed by atoms with Crippen molar-refractivity contribution in [1.29, 1.82) is 0 Å². The molecule has 0 saturated heterocycles. The molecule has 2 heteroatoms. The second-order valence-electron chi connectivity index (χ2n) is 4.42. The van der Waals surface area contributed by atoms with Gasteiger partial charge in [0.15, 0.2) is 0 Å². The largest absolute Gasteiger partial charge is 0.390 e. The summed E-state index contributed by atoms with van der Waals surface area (Å²) in [7, 11) is 0. The third-order valence-corrected chi connectivity index (χ3v) is 2.43. The Kier molecular flexibility index (Phi) is 6.81. The summed E-state index contributed by atoms with van der Waals surface area (Å²) in [6, 6.07) is 0. The van der Waals surface area contributed by atoms with Gasteiger partial charge >= 0.3 is 0 Å². The molecule has 84 valence electrons. The number of hydrogen-bond donors (Lipinski definition) is 1. The van der Waals surface area contributed by atoms with Crippen LogP contribution in [0.5, 0.6) is 0 Å². The molecule has 0 aliphatic heterocycles. The van der Waals surface area contributed by atoms with Crippen LogP contribution < -0.4 is 0 Å². The number of Topliss-reactive ketones (excluding diaryl/α,β-unsaturated/α-hetero) is 1. The molecular weight excluding hydrogens is 176 g/mol. The Bertz CT molecular complexity index is 162. The van der Waals surface area contributed by atoms with Crippen LogP contribution in [0.15, 0.2) is 0 Å². The molecule has 0 rings (SSSR count). The standard InChI is InChI=1S/C12H24O2/c1-4-6-7-8-11(13)10-12(3,14)9-5-2/h14H,4-10H2,1-3H3. The number of aliphatic hydroxyl groups is 1. The minimum absolute atomic E-state index is 0.205. The highest BCUT2D eigenvalue weighted by Crippen LogP contribution is 2.18. The van der Waals surface area contributed by atoms with Gasteiger partial charge in [0.1, 0.15) is 5.78 Å². The van der Waals surface area contributed by atoms with Crippen molar-refractivity contribution in [1.82, 2.24) is 0 Å². The molecule has 0 aliphatic rings. The second kappa shape index (κ2) is 6.99. The van der Waals surface area contributed by atoms with Crippen LogP contribution in [0.1, 0.15) is 65.7 Å².